The lowest BCUT2D eigenvalue weighted by Crippen LogP contribution is -2.38. The van der Waals surface area contributed by atoms with Crippen LogP contribution < -0.4 is 14.2 Å². The van der Waals surface area contributed by atoms with Gasteiger partial charge in [-0.15, -0.1) is 0 Å². The number of carbonyl (C=O) groups is 1. The molecule has 0 spiro atoms. The summed E-state index contributed by atoms with van der Waals surface area (Å²) in [6.07, 6.45) is 1.02. The van der Waals surface area contributed by atoms with Crippen molar-refractivity contribution in [3.05, 3.63) is 53.6 Å². The minimum Gasteiger partial charge on any atom is -0.497 e. The number of benzene rings is 2. The van der Waals surface area contributed by atoms with Gasteiger partial charge in [0.05, 0.1) is 7.11 Å². The Morgan fingerprint density at radius 2 is 1.84 bits per heavy atom. The van der Waals surface area contributed by atoms with Crippen LogP contribution >= 0.6 is 0 Å². The second-order valence-corrected chi connectivity index (χ2v) is 8.74. The Morgan fingerprint density at radius 3 is 2.55 bits per heavy atom. The zero-order chi connectivity index (χ0) is 22.0. The molecule has 2 aliphatic rings. The topological polar surface area (TPSA) is 51.2 Å². The quantitative estimate of drug-likeness (QED) is 0.671. The SMILES string of the molecule is COc1ccc([C@H]2C[C@H](c3ccc4c(c3)OCO4)CN2CCN(C)C(=O)C(C)C)cc1. The van der Waals surface area contributed by atoms with Crippen molar-refractivity contribution in [2.24, 2.45) is 5.92 Å². The number of hydrogen-bond donors (Lipinski definition) is 0. The van der Waals surface area contributed by atoms with Gasteiger partial charge >= 0.3 is 0 Å². The third-order valence-electron chi connectivity index (χ3n) is 6.36. The van der Waals surface area contributed by atoms with E-state index in [1.807, 2.05) is 44.0 Å². The van der Waals surface area contributed by atoms with E-state index in [0.29, 0.717) is 18.8 Å². The average molecular weight is 425 g/mol. The Morgan fingerprint density at radius 1 is 1.13 bits per heavy atom. The van der Waals surface area contributed by atoms with Crippen LogP contribution in [0.2, 0.25) is 0 Å². The monoisotopic (exact) mass is 424 g/mol. The Bertz CT molecular complexity index is 912. The molecule has 0 unspecified atom stereocenters. The molecule has 1 amide bonds. The van der Waals surface area contributed by atoms with Gasteiger partial charge in [0.15, 0.2) is 11.5 Å². The van der Waals surface area contributed by atoms with E-state index in [1.54, 1.807) is 7.11 Å². The third-order valence-corrected chi connectivity index (χ3v) is 6.36. The van der Waals surface area contributed by atoms with Crippen LogP contribution in [0.5, 0.6) is 17.2 Å². The molecule has 0 aliphatic carbocycles. The number of rotatable bonds is 7. The zero-order valence-corrected chi connectivity index (χ0v) is 18.8. The van der Waals surface area contributed by atoms with Crippen LogP contribution in [-0.2, 0) is 4.79 Å². The summed E-state index contributed by atoms with van der Waals surface area (Å²) in [5.41, 5.74) is 2.55. The molecule has 2 aromatic carbocycles. The molecule has 1 saturated heterocycles. The van der Waals surface area contributed by atoms with Crippen molar-refractivity contribution in [3.8, 4) is 17.2 Å². The smallest absolute Gasteiger partial charge is 0.231 e. The van der Waals surface area contributed by atoms with Gasteiger partial charge in [-0.05, 0) is 47.7 Å². The van der Waals surface area contributed by atoms with Crippen molar-refractivity contribution >= 4 is 5.91 Å². The Labute approximate surface area is 184 Å². The fraction of sp³-hybridized carbons (Fsp3) is 0.480. The maximum absolute atomic E-state index is 12.3. The first-order valence-corrected chi connectivity index (χ1v) is 11.0. The summed E-state index contributed by atoms with van der Waals surface area (Å²) < 4.78 is 16.4. The molecule has 0 radical (unpaired) electrons. The van der Waals surface area contributed by atoms with Crippen molar-refractivity contribution in [2.75, 3.05) is 40.6 Å². The van der Waals surface area contributed by atoms with Crippen molar-refractivity contribution in [1.82, 2.24) is 9.80 Å². The lowest BCUT2D eigenvalue weighted by Gasteiger charge is -2.28. The van der Waals surface area contributed by atoms with Gasteiger partial charge in [-0.2, -0.15) is 0 Å². The molecular formula is C25H32N2O4. The number of methoxy groups -OCH3 is 1. The van der Waals surface area contributed by atoms with E-state index in [9.17, 15) is 4.79 Å². The first kappa shape index (κ1) is 21.5. The van der Waals surface area contributed by atoms with E-state index in [4.69, 9.17) is 14.2 Å². The second-order valence-electron chi connectivity index (χ2n) is 8.74. The molecule has 0 bridgehead atoms. The molecule has 2 heterocycles. The van der Waals surface area contributed by atoms with E-state index < -0.39 is 0 Å². The molecule has 4 rings (SSSR count). The highest BCUT2D eigenvalue weighted by Crippen LogP contribution is 2.43. The largest absolute Gasteiger partial charge is 0.497 e. The van der Waals surface area contributed by atoms with Crippen LogP contribution in [0.3, 0.4) is 0 Å². The van der Waals surface area contributed by atoms with Gasteiger partial charge in [-0.1, -0.05) is 32.0 Å². The molecular weight excluding hydrogens is 392 g/mol. The summed E-state index contributed by atoms with van der Waals surface area (Å²) in [6, 6.07) is 14.9. The predicted octanol–water partition coefficient (Wildman–Crippen LogP) is 4.07. The third kappa shape index (κ3) is 4.64. The Balaban J connectivity index is 1.53. The lowest BCUT2D eigenvalue weighted by atomic mass is 9.93. The molecule has 0 N–H and O–H groups in total. The summed E-state index contributed by atoms with van der Waals surface area (Å²) >= 11 is 0. The fourth-order valence-electron chi connectivity index (χ4n) is 4.56. The second kappa shape index (κ2) is 9.18. The van der Waals surface area contributed by atoms with Crippen molar-refractivity contribution in [2.45, 2.75) is 32.2 Å². The predicted molar refractivity (Wildman–Crippen MR) is 120 cm³/mol. The van der Waals surface area contributed by atoms with E-state index in [-0.39, 0.29) is 11.8 Å². The lowest BCUT2D eigenvalue weighted by molar-refractivity contribution is -0.133. The van der Waals surface area contributed by atoms with E-state index in [1.165, 1.54) is 11.1 Å². The standard InChI is InChI=1S/C25H32N2O4/c1-17(2)25(28)26(3)11-12-27-15-20(19-7-10-23-24(14-19)31-16-30-23)13-22(27)18-5-8-21(29-4)9-6-18/h5-10,14,17,20,22H,11-13,15-16H2,1-4H3/t20-,22+/m0/s1. The minimum absolute atomic E-state index is 0.0161. The number of likely N-dealkylation sites (N-methyl/N-ethyl adjacent to an activating group) is 1. The molecule has 0 aromatic heterocycles. The van der Waals surface area contributed by atoms with Crippen LogP contribution in [-0.4, -0.2) is 56.3 Å². The summed E-state index contributed by atoms with van der Waals surface area (Å²) in [6.45, 7) is 6.69. The zero-order valence-electron chi connectivity index (χ0n) is 18.8. The normalized spacial score (nSPS) is 20.3. The van der Waals surface area contributed by atoms with Gasteiger partial charge in [0.25, 0.3) is 0 Å². The minimum atomic E-state index is 0.0161. The van der Waals surface area contributed by atoms with Gasteiger partial charge in [-0.25, -0.2) is 0 Å². The fourth-order valence-corrected chi connectivity index (χ4v) is 4.56. The molecule has 6 nitrogen and oxygen atoms in total. The van der Waals surface area contributed by atoms with Crippen LogP contribution in [0, 0.1) is 5.92 Å². The number of fused-ring (bicyclic) bond motifs is 1. The van der Waals surface area contributed by atoms with Gasteiger partial charge in [-0.3, -0.25) is 9.69 Å². The van der Waals surface area contributed by atoms with Crippen LogP contribution in [0.25, 0.3) is 0 Å². The van der Waals surface area contributed by atoms with Crippen molar-refractivity contribution < 1.29 is 19.0 Å². The highest BCUT2D eigenvalue weighted by molar-refractivity contribution is 5.77. The van der Waals surface area contributed by atoms with E-state index in [2.05, 4.69) is 29.2 Å². The van der Waals surface area contributed by atoms with Gasteiger partial charge in [0, 0.05) is 38.6 Å². The number of ether oxygens (including phenoxy) is 3. The summed E-state index contributed by atoms with van der Waals surface area (Å²) in [5, 5.41) is 0. The van der Waals surface area contributed by atoms with Crippen LogP contribution in [0.15, 0.2) is 42.5 Å². The molecule has 166 valence electrons. The maximum atomic E-state index is 12.3. The van der Waals surface area contributed by atoms with E-state index in [0.717, 1.165) is 43.3 Å². The maximum Gasteiger partial charge on any atom is 0.231 e. The number of hydrogen-bond acceptors (Lipinski definition) is 5. The Hall–Kier alpha value is -2.73. The van der Waals surface area contributed by atoms with Gasteiger partial charge in [0.2, 0.25) is 12.7 Å². The molecule has 2 atom stereocenters. The van der Waals surface area contributed by atoms with Crippen LogP contribution in [0.4, 0.5) is 0 Å². The average Bonchev–Trinajstić information content (AvgIpc) is 3.43. The van der Waals surface area contributed by atoms with Crippen molar-refractivity contribution in [3.63, 3.8) is 0 Å². The Kier molecular flexibility index (Phi) is 6.37. The summed E-state index contributed by atoms with van der Waals surface area (Å²) in [4.78, 5) is 16.7. The molecule has 6 heteroatoms. The van der Waals surface area contributed by atoms with Crippen LogP contribution in [0.1, 0.15) is 43.4 Å². The molecule has 0 saturated carbocycles. The number of carbonyl (C=O) groups excluding carboxylic acids is 1. The number of likely N-dealkylation sites (tertiary alicyclic amines) is 1. The number of amides is 1. The van der Waals surface area contributed by atoms with Gasteiger partial charge in [0.1, 0.15) is 5.75 Å². The first-order valence-electron chi connectivity index (χ1n) is 11.0. The number of nitrogens with zero attached hydrogens (tertiary/aromatic N) is 2. The summed E-state index contributed by atoms with van der Waals surface area (Å²) in [5.74, 6) is 3.11. The van der Waals surface area contributed by atoms with Crippen molar-refractivity contribution in [1.29, 1.82) is 0 Å². The highest BCUT2D eigenvalue weighted by atomic mass is 16.7. The molecule has 1 fully saturated rings. The first-order chi connectivity index (χ1) is 15.0. The van der Waals surface area contributed by atoms with E-state index >= 15 is 0 Å². The molecule has 2 aliphatic heterocycles. The molecule has 31 heavy (non-hydrogen) atoms. The molecule has 2 aromatic rings. The van der Waals surface area contributed by atoms with Gasteiger partial charge < -0.3 is 19.1 Å². The summed E-state index contributed by atoms with van der Waals surface area (Å²) in [7, 11) is 3.59. The highest BCUT2D eigenvalue weighted by Gasteiger charge is 2.34.